The van der Waals surface area contributed by atoms with Crippen LogP contribution in [0.25, 0.3) is 6.08 Å². The van der Waals surface area contributed by atoms with E-state index in [-0.39, 0.29) is 12.0 Å². The predicted octanol–water partition coefficient (Wildman–Crippen LogP) is 3.11. The van der Waals surface area contributed by atoms with Gasteiger partial charge in [0.1, 0.15) is 0 Å². The smallest absolute Gasteiger partial charge is 0.266 e. The number of hydrogen-bond donors (Lipinski definition) is 0. The molecule has 5 heteroatoms. The molecule has 1 rings (SSSR count). The van der Waals surface area contributed by atoms with Gasteiger partial charge in [-0.15, -0.1) is 11.3 Å². The Morgan fingerprint density at radius 3 is 2.62 bits per heavy atom. The van der Waals surface area contributed by atoms with Gasteiger partial charge in [-0.3, -0.25) is 4.18 Å². The van der Waals surface area contributed by atoms with Crippen LogP contribution in [0.15, 0.2) is 22.9 Å². The van der Waals surface area contributed by atoms with Gasteiger partial charge in [0.15, 0.2) is 0 Å². The standard InChI is InChI=1S/C11H16O3S2/c1-11(2,3)9-14-16(12,13)8-6-10-5-4-7-15-10/h4-8H,9H2,1-3H3/b8-6+. The Labute approximate surface area is 101 Å². The fraction of sp³-hybridized carbons (Fsp3) is 0.455. The third-order valence-corrected chi connectivity index (χ3v) is 3.35. The van der Waals surface area contributed by atoms with Crippen molar-refractivity contribution in [3.05, 3.63) is 27.8 Å². The lowest BCUT2D eigenvalue weighted by Gasteiger charge is -2.16. The summed E-state index contributed by atoms with van der Waals surface area (Å²) in [6.07, 6.45) is 1.54. The van der Waals surface area contributed by atoms with Crippen molar-refractivity contribution in [1.82, 2.24) is 0 Å². The average Bonchev–Trinajstić information content (AvgIpc) is 2.64. The minimum absolute atomic E-state index is 0.163. The summed E-state index contributed by atoms with van der Waals surface area (Å²) < 4.78 is 27.8. The molecule has 0 aromatic carbocycles. The van der Waals surface area contributed by atoms with Crippen LogP contribution in [0.3, 0.4) is 0 Å². The molecule has 0 aliphatic carbocycles. The normalized spacial score (nSPS) is 13.4. The summed E-state index contributed by atoms with van der Waals surface area (Å²) in [5, 5.41) is 2.99. The minimum Gasteiger partial charge on any atom is -0.266 e. The lowest BCUT2D eigenvalue weighted by Crippen LogP contribution is -2.17. The van der Waals surface area contributed by atoms with Gasteiger partial charge in [0.05, 0.1) is 12.0 Å². The molecule has 16 heavy (non-hydrogen) atoms. The van der Waals surface area contributed by atoms with E-state index in [1.807, 2.05) is 38.3 Å². The Bertz CT molecular complexity index is 436. The van der Waals surface area contributed by atoms with Crippen molar-refractivity contribution in [1.29, 1.82) is 0 Å². The molecule has 0 aliphatic heterocycles. The Kier molecular flexibility index (Phi) is 4.29. The van der Waals surface area contributed by atoms with Crippen molar-refractivity contribution in [3.63, 3.8) is 0 Å². The molecule has 1 heterocycles. The van der Waals surface area contributed by atoms with Gasteiger partial charge < -0.3 is 0 Å². The quantitative estimate of drug-likeness (QED) is 0.781. The molecule has 1 aromatic rings. The first-order valence-electron chi connectivity index (χ1n) is 4.90. The van der Waals surface area contributed by atoms with E-state index in [9.17, 15) is 8.42 Å². The van der Waals surface area contributed by atoms with Gasteiger partial charge in [0.2, 0.25) is 0 Å². The topological polar surface area (TPSA) is 43.4 Å². The van der Waals surface area contributed by atoms with Gasteiger partial charge in [-0.25, -0.2) is 0 Å². The molecule has 0 amide bonds. The van der Waals surface area contributed by atoms with Crippen LogP contribution < -0.4 is 0 Å². The molecule has 0 saturated heterocycles. The highest BCUT2D eigenvalue weighted by Gasteiger charge is 2.15. The summed E-state index contributed by atoms with van der Waals surface area (Å²) in [4.78, 5) is 0.892. The van der Waals surface area contributed by atoms with E-state index in [1.54, 1.807) is 6.08 Å². The number of thiophene rings is 1. The molecular formula is C11H16O3S2. The minimum atomic E-state index is -3.56. The predicted molar refractivity (Wildman–Crippen MR) is 67.7 cm³/mol. The second-order valence-corrected chi connectivity index (χ2v) is 7.11. The fourth-order valence-corrected chi connectivity index (χ4v) is 2.45. The van der Waals surface area contributed by atoms with Crippen molar-refractivity contribution < 1.29 is 12.6 Å². The summed E-state index contributed by atoms with van der Waals surface area (Å²) in [6.45, 7) is 5.95. The Morgan fingerprint density at radius 1 is 1.44 bits per heavy atom. The lowest BCUT2D eigenvalue weighted by atomic mass is 9.99. The molecule has 90 valence electrons. The molecule has 3 nitrogen and oxygen atoms in total. The molecule has 0 N–H and O–H groups in total. The van der Waals surface area contributed by atoms with Gasteiger partial charge in [0, 0.05) is 4.88 Å². The van der Waals surface area contributed by atoms with Crippen LogP contribution in [0.1, 0.15) is 25.6 Å². The first-order valence-corrected chi connectivity index (χ1v) is 7.25. The molecule has 0 radical (unpaired) electrons. The number of rotatable bonds is 4. The maximum atomic E-state index is 11.5. The first kappa shape index (κ1) is 13.4. The summed E-state index contributed by atoms with van der Waals surface area (Å²) >= 11 is 1.48. The molecule has 0 spiro atoms. The summed E-state index contributed by atoms with van der Waals surface area (Å²) in [5.74, 6) is 0. The Balaban J connectivity index is 2.59. The van der Waals surface area contributed by atoms with Crippen molar-refractivity contribution >= 4 is 27.5 Å². The summed E-state index contributed by atoms with van der Waals surface area (Å²) in [7, 11) is -3.56. The largest absolute Gasteiger partial charge is 0.290 e. The van der Waals surface area contributed by atoms with Crippen LogP contribution in [-0.2, 0) is 14.3 Å². The monoisotopic (exact) mass is 260 g/mol. The molecular weight excluding hydrogens is 244 g/mol. The van der Waals surface area contributed by atoms with Gasteiger partial charge >= 0.3 is 0 Å². The fourth-order valence-electron chi connectivity index (χ4n) is 0.835. The van der Waals surface area contributed by atoms with Crippen molar-refractivity contribution in [2.45, 2.75) is 20.8 Å². The maximum absolute atomic E-state index is 11.5. The zero-order valence-corrected chi connectivity index (χ0v) is 11.3. The van der Waals surface area contributed by atoms with E-state index in [0.717, 1.165) is 10.3 Å². The zero-order chi connectivity index (χ0) is 12.2. The van der Waals surface area contributed by atoms with E-state index in [1.165, 1.54) is 11.3 Å². The van der Waals surface area contributed by atoms with Crippen LogP contribution in [0.2, 0.25) is 0 Å². The van der Waals surface area contributed by atoms with E-state index in [4.69, 9.17) is 4.18 Å². The third kappa shape index (κ3) is 5.44. The van der Waals surface area contributed by atoms with Crippen LogP contribution >= 0.6 is 11.3 Å². The van der Waals surface area contributed by atoms with Crippen molar-refractivity contribution in [3.8, 4) is 0 Å². The van der Waals surface area contributed by atoms with Gasteiger partial charge in [-0.2, -0.15) is 8.42 Å². The van der Waals surface area contributed by atoms with Crippen LogP contribution in [0.5, 0.6) is 0 Å². The summed E-state index contributed by atoms with van der Waals surface area (Å²) in [5.41, 5.74) is -0.163. The molecule has 1 aromatic heterocycles. The third-order valence-electron chi connectivity index (χ3n) is 1.60. The maximum Gasteiger partial charge on any atom is 0.290 e. The molecule has 0 bridgehead atoms. The zero-order valence-electron chi connectivity index (χ0n) is 9.64. The van der Waals surface area contributed by atoms with Gasteiger partial charge in [0.25, 0.3) is 10.1 Å². The van der Waals surface area contributed by atoms with Crippen LogP contribution in [0, 0.1) is 5.41 Å². The van der Waals surface area contributed by atoms with E-state index >= 15 is 0 Å². The Morgan fingerprint density at radius 2 is 2.12 bits per heavy atom. The summed E-state index contributed by atoms with van der Waals surface area (Å²) in [6, 6.07) is 3.72. The first-order chi connectivity index (χ1) is 7.29. The van der Waals surface area contributed by atoms with Gasteiger partial charge in [-0.1, -0.05) is 26.8 Å². The highest BCUT2D eigenvalue weighted by atomic mass is 32.2. The molecule has 0 unspecified atom stereocenters. The van der Waals surface area contributed by atoms with Gasteiger partial charge in [-0.05, 0) is 22.9 Å². The Hall–Kier alpha value is -0.650. The second kappa shape index (κ2) is 5.12. The van der Waals surface area contributed by atoms with E-state index < -0.39 is 10.1 Å². The van der Waals surface area contributed by atoms with Crippen molar-refractivity contribution in [2.75, 3.05) is 6.61 Å². The van der Waals surface area contributed by atoms with E-state index in [2.05, 4.69) is 0 Å². The molecule has 0 fully saturated rings. The van der Waals surface area contributed by atoms with Crippen molar-refractivity contribution in [2.24, 2.45) is 5.41 Å². The average molecular weight is 260 g/mol. The molecule has 0 aliphatic rings. The highest BCUT2D eigenvalue weighted by Crippen LogP contribution is 2.16. The van der Waals surface area contributed by atoms with Crippen LogP contribution in [-0.4, -0.2) is 15.0 Å². The second-order valence-electron chi connectivity index (χ2n) is 4.63. The SMILES string of the molecule is CC(C)(C)COS(=O)(=O)/C=C/c1cccs1. The lowest BCUT2D eigenvalue weighted by molar-refractivity contribution is 0.206. The number of hydrogen-bond acceptors (Lipinski definition) is 4. The molecule has 0 saturated carbocycles. The van der Waals surface area contributed by atoms with E-state index in [0.29, 0.717) is 0 Å². The van der Waals surface area contributed by atoms with Crippen LogP contribution in [0.4, 0.5) is 0 Å². The highest BCUT2D eigenvalue weighted by molar-refractivity contribution is 7.89. The molecule has 0 atom stereocenters.